The Morgan fingerprint density at radius 2 is 1.86 bits per heavy atom. The zero-order chi connectivity index (χ0) is 19.7. The van der Waals surface area contributed by atoms with E-state index >= 15 is 0 Å². The molecule has 9 heteroatoms. The molecule has 2 aliphatic heterocycles. The molecule has 3 heterocycles. The van der Waals surface area contributed by atoms with Crippen LogP contribution in [0.25, 0.3) is 0 Å². The van der Waals surface area contributed by atoms with Gasteiger partial charge < -0.3 is 4.90 Å². The molecule has 0 spiro atoms. The van der Waals surface area contributed by atoms with Gasteiger partial charge in [-0.05, 0) is 43.9 Å². The van der Waals surface area contributed by atoms with Gasteiger partial charge in [0.2, 0.25) is 10.0 Å². The number of nitrogens with zero attached hydrogens (tertiary/aromatic N) is 3. The molecule has 7 nitrogen and oxygen atoms in total. The van der Waals surface area contributed by atoms with Crippen molar-refractivity contribution in [1.29, 1.82) is 0 Å². The van der Waals surface area contributed by atoms with Crippen LogP contribution in [0.3, 0.4) is 0 Å². The molecule has 28 heavy (non-hydrogen) atoms. The molecule has 1 N–H and O–H groups in total. The highest BCUT2D eigenvalue weighted by Crippen LogP contribution is 2.32. The molecular weight excluding hydrogens is 400 g/mol. The van der Waals surface area contributed by atoms with Crippen LogP contribution in [0.1, 0.15) is 47.7 Å². The van der Waals surface area contributed by atoms with Crippen LogP contribution in [0, 0.1) is 0 Å². The van der Waals surface area contributed by atoms with Crippen molar-refractivity contribution in [3.8, 4) is 0 Å². The van der Waals surface area contributed by atoms with E-state index in [4.69, 9.17) is 11.6 Å². The Hall–Kier alpha value is -1.90. The fourth-order valence-electron chi connectivity index (χ4n) is 4.03. The van der Waals surface area contributed by atoms with E-state index in [0.29, 0.717) is 36.5 Å². The van der Waals surface area contributed by atoms with Crippen molar-refractivity contribution >= 4 is 27.5 Å². The first-order valence-electron chi connectivity index (χ1n) is 9.55. The summed E-state index contributed by atoms with van der Waals surface area (Å²) in [7, 11) is -3.57. The molecule has 0 bridgehead atoms. The van der Waals surface area contributed by atoms with Crippen LogP contribution < -0.4 is 0 Å². The summed E-state index contributed by atoms with van der Waals surface area (Å²) in [6.07, 6.45) is 4.97. The van der Waals surface area contributed by atoms with Crippen molar-refractivity contribution in [2.24, 2.45) is 0 Å². The van der Waals surface area contributed by atoms with E-state index in [2.05, 4.69) is 10.2 Å². The first kappa shape index (κ1) is 19.4. The zero-order valence-electron chi connectivity index (χ0n) is 15.5. The first-order chi connectivity index (χ1) is 13.5. The number of hydrogen-bond donors (Lipinski definition) is 1. The number of piperidine rings is 1. The highest BCUT2D eigenvalue weighted by molar-refractivity contribution is 7.89. The van der Waals surface area contributed by atoms with Crippen molar-refractivity contribution in [2.45, 2.75) is 36.5 Å². The van der Waals surface area contributed by atoms with E-state index in [0.717, 1.165) is 31.6 Å². The normalized spacial score (nSPS) is 19.2. The van der Waals surface area contributed by atoms with Gasteiger partial charge in [-0.1, -0.05) is 17.7 Å². The highest BCUT2D eigenvalue weighted by Gasteiger charge is 2.33. The topological polar surface area (TPSA) is 86.4 Å². The van der Waals surface area contributed by atoms with Crippen LogP contribution in [-0.4, -0.2) is 59.9 Å². The maximum absolute atomic E-state index is 12.9. The summed E-state index contributed by atoms with van der Waals surface area (Å²) in [5.41, 5.74) is 1.45. The fraction of sp³-hybridized carbons (Fsp3) is 0.474. The van der Waals surface area contributed by atoms with Gasteiger partial charge in [-0.25, -0.2) is 8.42 Å². The van der Waals surface area contributed by atoms with Gasteiger partial charge in [0, 0.05) is 37.1 Å². The van der Waals surface area contributed by atoms with Crippen LogP contribution >= 0.6 is 11.6 Å². The molecule has 1 aromatic heterocycles. The number of sulfonamides is 1. The fourth-order valence-corrected chi connectivity index (χ4v) is 5.80. The van der Waals surface area contributed by atoms with E-state index in [9.17, 15) is 13.2 Å². The number of aromatic amines is 1. The molecule has 4 rings (SSSR count). The number of H-pyrrole nitrogens is 1. The minimum Gasteiger partial charge on any atom is -0.339 e. The van der Waals surface area contributed by atoms with Crippen molar-refractivity contribution in [3.05, 3.63) is 46.7 Å². The molecule has 2 aromatic rings. The maximum atomic E-state index is 12.9. The monoisotopic (exact) mass is 422 g/mol. The lowest BCUT2D eigenvalue weighted by Gasteiger charge is -2.31. The predicted molar refractivity (Wildman–Crippen MR) is 106 cm³/mol. The Balaban J connectivity index is 1.46. The molecule has 1 aromatic carbocycles. The second-order valence-corrected chi connectivity index (χ2v) is 9.71. The second kappa shape index (κ2) is 7.85. The molecule has 0 unspecified atom stereocenters. The second-order valence-electron chi connectivity index (χ2n) is 7.33. The number of hydrogen-bond acceptors (Lipinski definition) is 4. The van der Waals surface area contributed by atoms with Crippen LogP contribution in [0.15, 0.2) is 35.4 Å². The summed E-state index contributed by atoms with van der Waals surface area (Å²) in [6, 6.07) is 6.34. The largest absolute Gasteiger partial charge is 0.339 e. The maximum Gasteiger partial charge on any atom is 0.257 e. The number of halogens is 1. The van der Waals surface area contributed by atoms with Crippen molar-refractivity contribution < 1.29 is 13.2 Å². The summed E-state index contributed by atoms with van der Waals surface area (Å²) in [5.74, 6) is 0.116. The van der Waals surface area contributed by atoms with Crippen LogP contribution in [0.4, 0.5) is 0 Å². The van der Waals surface area contributed by atoms with E-state index in [1.807, 2.05) is 4.90 Å². The van der Waals surface area contributed by atoms with Gasteiger partial charge in [0.15, 0.2) is 0 Å². The zero-order valence-corrected chi connectivity index (χ0v) is 17.0. The molecule has 2 fully saturated rings. The SMILES string of the molecule is O=C(c1cn[nH]c1C1CCN(S(=O)(=O)c2cccc(Cl)c2)CC1)N1CCCC1. The van der Waals surface area contributed by atoms with Gasteiger partial charge in [0.05, 0.1) is 22.3 Å². The number of aromatic nitrogens is 2. The van der Waals surface area contributed by atoms with Crippen LogP contribution in [0.2, 0.25) is 5.02 Å². The van der Waals surface area contributed by atoms with Crippen LogP contribution in [-0.2, 0) is 10.0 Å². The summed E-state index contributed by atoms with van der Waals surface area (Å²) in [6.45, 7) is 2.38. The van der Waals surface area contributed by atoms with E-state index < -0.39 is 10.0 Å². The number of rotatable bonds is 4. The third-order valence-electron chi connectivity index (χ3n) is 5.59. The van der Waals surface area contributed by atoms with Gasteiger partial charge in [-0.15, -0.1) is 0 Å². The molecular formula is C19H23ClN4O3S. The lowest BCUT2D eigenvalue weighted by atomic mass is 9.92. The minimum atomic E-state index is -3.57. The van der Waals surface area contributed by atoms with E-state index in [1.54, 1.807) is 24.4 Å². The van der Waals surface area contributed by atoms with Crippen molar-refractivity contribution in [1.82, 2.24) is 19.4 Å². The van der Waals surface area contributed by atoms with Gasteiger partial charge in [-0.3, -0.25) is 9.89 Å². The number of carbonyl (C=O) groups excluding carboxylic acids is 1. The summed E-state index contributed by atoms with van der Waals surface area (Å²) in [5, 5.41) is 7.49. The Morgan fingerprint density at radius 1 is 1.14 bits per heavy atom. The molecule has 150 valence electrons. The molecule has 0 saturated carbocycles. The third-order valence-corrected chi connectivity index (χ3v) is 7.72. The van der Waals surface area contributed by atoms with E-state index in [1.165, 1.54) is 10.4 Å². The number of likely N-dealkylation sites (tertiary alicyclic amines) is 1. The van der Waals surface area contributed by atoms with Gasteiger partial charge >= 0.3 is 0 Å². The lowest BCUT2D eigenvalue weighted by molar-refractivity contribution is 0.0790. The van der Waals surface area contributed by atoms with Gasteiger partial charge in [-0.2, -0.15) is 9.40 Å². The van der Waals surface area contributed by atoms with Gasteiger partial charge in [0.1, 0.15) is 0 Å². The minimum absolute atomic E-state index is 0.0234. The van der Waals surface area contributed by atoms with Crippen molar-refractivity contribution in [3.63, 3.8) is 0 Å². The number of amides is 1. The Bertz CT molecular complexity index is 961. The average molecular weight is 423 g/mol. The Morgan fingerprint density at radius 3 is 2.54 bits per heavy atom. The Labute approximate surface area is 169 Å². The lowest BCUT2D eigenvalue weighted by Crippen LogP contribution is -2.38. The molecule has 0 aliphatic carbocycles. The molecule has 2 saturated heterocycles. The number of benzene rings is 1. The van der Waals surface area contributed by atoms with E-state index in [-0.39, 0.29) is 16.7 Å². The number of nitrogens with one attached hydrogen (secondary N) is 1. The van der Waals surface area contributed by atoms with Gasteiger partial charge in [0.25, 0.3) is 5.91 Å². The Kier molecular flexibility index (Phi) is 5.44. The standard InChI is InChI=1S/C19H23ClN4O3S/c20-15-4-3-5-16(12-15)28(26,27)24-10-6-14(7-11-24)18-17(13-21-22-18)19(25)23-8-1-2-9-23/h3-5,12-14H,1-2,6-11H2,(H,21,22). The molecule has 2 aliphatic rings. The average Bonchev–Trinajstić information content (AvgIpc) is 3.40. The van der Waals surface area contributed by atoms with Crippen LogP contribution in [0.5, 0.6) is 0 Å². The molecule has 0 radical (unpaired) electrons. The smallest absolute Gasteiger partial charge is 0.257 e. The van der Waals surface area contributed by atoms with Crippen molar-refractivity contribution in [2.75, 3.05) is 26.2 Å². The highest BCUT2D eigenvalue weighted by atomic mass is 35.5. The first-order valence-corrected chi connectivity index (χ1v) is 11.4. The summed E-state index contributed by atoms with van der Waals surface area (Å²) in [4.78, 5) is 14.8. The quantitative estimate of drug-likeness (QED) is 0.820. The molecule has 1 amide bonds. The predicted octanol–water partition coefficient (Wildman–Crippen LogP) is 2.87. The number of carbonyl (C=O) groups is 1. The summed E-state index contributed by atoms with van der Waals surface area (Å²) >= 11 is 5.95. The summed E-state index contributed by atoms with van der Waals surface area (Å²) < 4.78 is 27.2. The molecule has 0 atom stereocenters. The third kappa shape index (κ3) is 3.68.